The molecule has 1 aliphatic heterocycles. The van der Waals surface area contributed by atoms with Gasteiger partial charge in [-0.05, 0) is 6.42 Å². The molecule has 22 heavy (non-hydrogen) atoms. The number of nitrogens with two attached hydrogens (primary N) is 1. The normalized spacial score (nSPS) is 27.7. The molecule has 122 valence electrons. The maximum absolute atomic E-state index is 11.7. The highest BCUT2D eigenvalue weighted by Crippen LogP contribution is 2.32. The summed E-state index contributed by atoms with van der Waals surface area (Å²) in [6.45, 7) is 5.84. The van der Waals surface area contributed by atoms with Gasteiger partial charge in [0.1, 0.15) is 12.2 Å². The van der Waals surface area contributed by atoms with Crippen LogP contribution in [0.3, 0.4) is 0 Å². The molecule has 1 saturated heterocycles. The molecule has 3 heterocycles. The second kappa shape index (κ2) is 6.42. The standard InChI is InChI=1S/C11H15N5O4.C2H6/c1-2-4-6(17)7(18)10(20-4)16-3-13-5-8(16)14-11(12)15-9(5)19;1-2/h3-4,6-7,10,17-18H,2H2,1H3,(H3,12,14,15,19);1-2H3. The number of nitrogens with one attached hydrogen (secondary N) is 1. The number of aliphatic hydroxyl groups is 2. The second-order valence-electron chi connectivity index (χ2n) is 4.73. The zero-order valence-electron chi connectivity index (χ0n) is 12.7. The number of aliphatic hydroxyl groups excluding tert-OH is 2. The number of H-pyrrole nitrogens is 1. The lowest BCUT2D eigenvalue weighted by Crippen LogP contribution is -2.31. The fourth-order valence-electron chi connectivity index (χ4n) is 2.43. The largest absolute Gasteiger partial charge is 0.388 e. The number of ether oxygens (including phenoxy) is 1. The molecule has 9 heteroatoms. The number of nitrogen functional groups attached to an aromatic ring is 1. The Morgan fingerprint density at radius 3 is 2.68 bits per heavy atom. The molecule has 0 aliphatic carbocycles. The van der Waals surface area contributed by atoms with Crippen LogP contribution in [0.1, 0.15) is 33.4 Å². The van der Waals surface area contributed by atoms with E-state index in [0.29, 0.717) is 6.42 Å². The van der Waals surface area contributed by atoms with Gasteiger partial charge in [-0.3, -0.25) is 14.3 Å². The van der Waals surface area contributed by atoms with Crippen LogP contribution in [0.25, 0.3) is 11.2 Å². The van der Waals surface area contributed by atoms with Crippen molar-refractivity contribution in [2.45, 2.75) is 51.7 Å². The zero-order valence-corrected chi connectivity index (χ0v) is 12.7. The third-order valence-electron chi connectivity index (χ3n) is 3.46. The number of aromatic nitrogens is 4. The fraction of sp³-hybridized carbons (Fsp3) is 0.615. The summed E-state index contributed by atoms with van der Waals surface area (Å²) in [5.74, 6) is -0.0515. The first kappa shape index (κ1) is 16.4. The molecule has 1 aliphatic rings. The Balaban J connectivity index is 0.000000847. The molecule has 2 aromatic heterocycles. The number of nitrogens with zero attached hydrogens (tertiary/aromatic N) is 3. The van der Waals surface area contributed by atoms with Crippen LogP contribution >= 0.6 is 0 Å². The fourth-order valence-corrected chi connectivity index (χ4v) is 2.43. The number of hydrogen-bond acceptors (Lipinski definition) is 7. The van der Waals surface area contributed by atoms with Crippen molar-refractivity contribution >= 4 is 17.1 Å². The third kappa shape index (κ3) is 2.58. The number of imidazole rings is 1. The van der Waals surface area contributed by atoms with Gasteiger partial charge in [-0.1, -0.05) is 20.8 Å². The van der Waals surface area contributed by atoms with Gasteiger partial charge in [-0.25, -0.2) is 4.98 Å². The molecule has 3 rings (SSSR count). The summed E-state index contributed by atoms with van der Waals surface area (Å²) < 4.78 is 7.00. The lowest BCUT2D eigenvalue weighted by Gasteiger charge is -2.16. The molecule has 4 unspecified atom stereocenters. The summed E-state index contributed by atoms with van der Waals surface area (Å²) in [6.07, 6.45) is -1.57. The van der Waals surface area contributed by atoms with Gasteiger partial charge in [0.25, 0.3) is 5.56 Å². The van der Waals surface area contributed by atoms with E-state index in [-0.39, 0.29) is 17.1 Å². The summed E-state index contributed by atoms with van der Waals surface area (Å²) in [4.78, 5) is 22.0. The first-order valence-electron chi connectivity index (χ1n) is 7.26. The Morgan fingerprint density at radius 1 is 1.41 bits per heavy atom. The Kier molecular flexibility index (Phi) is 4.79. The number of anilines is 1. The van der Waals surface area contributed by atoms with Gasteiger partial charge in [0.2, 0.25) is 5.95 Å². The van der Waals surface area contributed by atoms with Gasteiger partial charge in [-0.15, -0.1) is 0 Å². The van der Waals surface area contributed by atoms with E-state index in [1.807, 2.05) is 20.8 Å². The van der Waals surface area contributed by atoms with Crippen LogP contribution in [-0.2, 0) is 4.74 Å². The molecule has 5 N–H and O–H groups in total. The molecule has 0 saturated carbocycles. The molecule has 2 aromatic rings. The van der Waals surface area contributed by atoms with Crippen molar-refractivity contribution in [3.05, 3.63) is 16.7 Å². The van der Waals surface area contributed by atoms with Crippen molar-refractivity contribution in [1.29, 1.82) is 0 Å². The minimum absolute atomic E-state index is 0.0515. The first-order valence-corrected chi connectivity index (χ1v) is 7.26. The average molecular weight is 311 g/mol. The van der Waals surface area contributed by atoms with Gasteiger partial charge in [-0.2, -0.15) is 4.98 Å². The van der Waals surface area contributed by atoms with Gasteiger partial charge in [0, 0.05) is 0 Å². The SMILES string of the molecule is CC.CCC1OC(n2cnc3c(=O)[nH]c(N)nc32)C(O)C1O. The highest BCUT2D eigenvalue weighted by molar-refractivity contribution is 5.70. The van der Waals surface area contributed by atoms with Crippen LogP contribution < -0.4 is 11.3 Å². The van der Waals surface area contributed by atoms with Crippen molar-refractivity contribution in [2.75, 3.05) is 5.73 Å². The monoisotopic (exact) mass is 311 g/mol. The predicted molar refractivity (Wildman–Crippen MR) is 80.1 cm³/mol. The van der Waals surface area contributed by atoms with E-state index < -0.39 is 30.1 Å². The van der Waals surface area contributed by atoms with Crippen LogP contribution in [0, 0.1) is 0 Å². The van der Waals surface area contributed by atoms with E-state index in [2.05, 4.69) is 15.0 Å². The molecule has 0 aromatic carbocycles. The van der Waals surface area contributed by atoms with Crippen molar-refractivity contribution in [3.63, 3.8) is 0 Å². The Bertz CT molecular complexity index is 697. The average Bonchev–Trinajstić information content (AvgIpc) is 3.04. The Hall–Kier alpha value is -1.97. The maximum atomic E-state index is 11.7. The lowest BCUT2D eigenvalue weighted by atomic mass is 10.1. The summed E-state index contributed by atoms with van der Waals surface area (Å²) >= 11 is 0. The van der Waals surface area contributed by atoms with Gasteiger partial charge in [0.15, 0.2) is 17.4 Å². The van der Waals surface area contributed by atoms with E-state index in [4.69, 9.17) is 10.5 Å². The summed E-state index contributed by atoms with van der Waals surface area (Å²) in [5.41, 5.74) is 5.35. The van der Waals surface area contributed by atoms with E-state index in [0.717, 1.165) is 0 Å². The highest BCUT2D eigenvalue weighted by Gasteiger charge is 2.43. The number of rotatable bonds is 2. The van der Waals surface area contributed by atoms with Gasteiger partial charge >= 0.3 is 0 Å². The predicted octanol–water partition coefficient (Wildman–Crippen LogP) is -0.243. The summed E-state index contributed by atoms with van der Waals surface area (Å²) in [5, 5.41) is 19.9. The van der Waals surface area contributed by atoms with Crippen LogP contribution in [0.15, 0.2) is 11.1 Å². The first-order chi connectivity index (χ1) is 10.5. The van der Waals surface area contributed by atoms with Gasteiger partial charge in [0.05, 0.1) is 12.4 Å². The van der Waals surface area contributed by atoms with Crippen LogP contribution in [-0.4, -0.2) is 48.0 Å². The molecule has 9 nitrogen and oxygen atoms in total. The topological polar surface area (TPSA) is 139 Å². The van der Waals surface area contributed by atoms with Crippen molar-refractivity contribution < 1.29 is 14.9 Å². The van der Waals surface area contributed by atoms with Crippen LogP contribution in [0.5, 0.6) is 0 Å². The van der Waals surface area contributed by atoms with E-state index in [1.165, 1.54) is 10.9 Å². The highest BCUT2D eigenvalue weighted by atomic mass is 16.6. The van der Waals surface area contributed by atoms with E-state index >= 15 is 0 Å². The number of fused-ring (bicyclic) bond motifs is 1. The van der Waals surface area contributed by atoms with Crippen molar-refractivity contribution in [2.24, 2.45) is 0 Å². The summed E-state index contributed by atoms with van der Waals surface area (Å²) in [6, 6.07) is 0. The minimum atomic E-state index is -1.13. The quantitative estimate of drug-likeness (QED) is 0.600. The molecule has 0 amide bonds. The smallest absolute Gasteiger partial charge is 0.280 e. The summed E-state index contributed by atoms with van der Waals surface area (Å²) in [7, 11) is 0. The minimum Gasteiger partial charge on any atom is -0.388 e. The second-order valence-corrected chi connectivity index (χ2v) is 4.73. The number of hydrogen-bond donors (Lipinski definition) is 4. The van der Waals surface area contributed by atoms with Gasteiger partial charge < -0.3 is 20.7 Å². The third-order valence-corrected chi connectivity index (χ3v) is 3.46. The molecule has 1 fully saturated rings. The van der Waals surface area contributed by atoms with Crippen molar-refractivity contribution in [1.82, 2.24) is 19.5 Å². The van der Waals surface area contributed by atoms with E-state index in [1.54, 1.807) is 0 Å². The molecular weight excluding hydrogens is 290 g/mol. The van der Waals surface area contributed by atoms with Crippen molar-refractivity contribution in [3.8, 4) is 0 Å². The lowest BCUT2D eigenvalue weighted by molar-refractivity contribution is -0.0355. The molecule has 0 radical (unpaired) electrons. The molecule has 0 bridgehead atoms. The van der Waals surface area contributed by atoms with Crippen LogP contribution in [0.4, 0.5) is 5.95 Å². The zero-order chi connectivity index (χ0) is 16.4. The molecular formula is C13H21N5O4. The molecule has 4 atom stereocenters. The van der Waals surface area contributed by atoms with E-state index in [9.17, 15) is 15.0 Å². The Labute approximate surface area is 126 Å². The number of aromatic amines is 1. The Morgan fingerprint density at radius 2 is 2.09 bits per heavy atom. The molecule has 0 spiro atoms. The maximum Gasteiger partial charge on any atom is 0.280 e. The van der Waals surface area contributed by atoms with Crippen LogP contribution in [0.2, 0.25) is 0 Å².